The fraction of sp³-hybridized carbons (Fsp3) is 0.150. The molecule has 4 rings (SSSR count). The second-order valence-electron chi connectivity index (χ2n) is 6.50. The molecule has 2 heterocycles. The first-order valence-electron chi connectivity index (χ1n) is 8.62. The van der Waals surface area contributed by atoms with Crippen molar-refractivity contribution in [3.05, 3.63) is 70.2 Å². The van der Waals surface area contributed by atoms with Crippen LogP contribution < -0.4 is 10.6 Å². The number of halogens is 3. The van der Waals surface area contributed by atoms with E-state index in [1.807, 2.05) is 0 Å². The largest absolute Gasteiger partial charge is 0.416 e. The Kier molecular flexibility index (Phi) is 4.83. The van der Waals surface area contributed by atoms with Crippen molar-refractivity contribution >= 4 is 28.8 Å². The number of nitrogens with zero attached hydrogens (tertiary/aromatic N) is 1. The zero-order valence-corrected chi connectivity index (χ0v) is 15.7. The molecule has 0 aliphatic carbocycles. The van der Waals surface area contributed by atoms with Gasteiger partial charge in [-0.05, 0) is 29.8 Å². The number of anilines is 1. The van der Waals surface area contributed by atoms with Crippen molar-refractivity contribution in [3.63, 3.8) is 0 Å². The van der Waals surface area contributed by atoms with E-state index in [4.69, 9.17) is 0 Å². The van der Waals surface area contributed by atoms with Crippen LogP contribution in [-0.2, 0) is 23.9 Å². The van der Waals surface area contributed by atoms with Gasteiger partial charge in [0.25, 0.3) is 5.91 Å². The van der Waals surface area contributed by atoms with Crippen molar-refractivity contribution in [2.24, 2.45) is 0 Å². The number of benzene rings is 2. The van der Waals surface area contributed by atoms with Crippen LogP contribution in [-0.4, -0.2) is 16.8 Å². The van der Waals surface area contributed by atoms with Crippen molar-refractivity contribution in [2.75, 3.05) is 5.32 Å². The lowest BCUT2D eigenvalue weighted by atomic mass is 10.1. The molecule has 2 aromatic carbocycles. The van der Waals surface area contributed by atoms with Crippen LogP contribution in [0.2, 0.25) is 0 Å². The van der Waals surface area contributed by atoms with Crippen molar-refractivity contribution in [2.45, 2.75) is 19.1 Å². The molecular weight excluding hydrogens is 403 g/mol. The number of hydrogen-bond donors (Lipinski definition) is 2. The summed E-state index contributed by atoms with van der Waals surface area (Å²) in [6.07, 6.45) is -4.37. The number of thiazole rings is 1. The quantitative estimate of drug-likeness (QED) is 0.667. The van der Waals surface area contributed by atoms with E-state index < -0.39 is 11.7 Å². The second kappa shape index (κ2) is 7.32. The first-order chi connectivity index (χ1) is 13.8. The molecule has 2 amide bonds. The van der Waals surface area contributed by atoms with Gasteiger partial charge in [0.2, 0.25) is 5.91 Å². The van der Waals surface area contributed by atoms with E-state index in [1.54, 1.807) is 23.6 Å². The Balaban J connectivity index is 1.42. The van der Waals surface area contributed by atoms with Crippen LogP contribution in [0.5, 0.6) is 0 Å². The highest BCUT2D eigenvalue weighted by molar-refractivity contribution is 7.13. The van der Waals surface area contributed by atoms with Crippen molar-refractivity contribution in [1.82, 2.24) is 10.3 Å². The number of hydrogen-bond acceptors (Lipinski definition) is 4. The summed E-state index contributed by atoms with van der Waals surface area (Å²) in [7, 11) is 0. The Morgan fingerprint density at radius 3 is 2.66 bits per heavy atom. The highest BCUT2D eigenvalue weighted by atomic mass is 32.1. The summed E-state index contributed by atoms with van der Waals surface area (Å²) in [6.45, 7) is 0.480. The summed E-state index contributed by atoms with van der Waals surface area (Å²) < 4.78 is 38.0. The molecule has 1 aliphatic heterocycles. The number of amides is 2. The van der Waals surface area contributed by atoms with Gasteiger partial charge in [-0.3, -0.25) is 9.59 Å². The number of aromatic nitrogens is 1. The Hall–Kier alpha value is -3.20. The van der Waals surface area contributed by atoms with Crippen LogP contribution >= 0.6 is 11.3 Å². The van der Waals surface area contributed by atoms with Gasteiger partial charge in [0.1, 0.15) is 5.01 Å². The lowest BCUT2D eigenvalue weighted by Crippen LogP contribution is -2.15. The maximum atomic E-state index is 12.7. The van der Waals surface area contributed by atoms with Crippen LogP contribution in [0, 0.1) is 0 Å². The molecule has 0 atom stereocenters. The maximum Gasteiger partial charge on any atom is 0.416 e. The highest BCUT2D eigenvalue weighted by Crippen LogP contribution is 2.32. The maximum absolute atomic E-state index is 12.7. The Morgan fingerprint density at radius 1 is 1.17 bits per heavy atom. The molecule has 2 N–H and O–H groups in total. The van der Waals surface area contributed by atoms with Gasteiger partial charge in [-0.25, -0.2) is 4.98 Å². The molecule has 0 radical (unpaired) electrons. The monoisotopic (exact) mass is 417 g/mol. The van der Waals surface area contributed by atoms with Crippen LogP contribution in [0.15, 0.2) is 47.8 Å². The third kappa shape index (κ3) is 4.14. The summed E-state index contributed by atoms with van der Waals surface area (Å²) in [6, 6.07) is 9.88. The zero-order valence-electron chi connectivity index (χ0n) is 14.8. The molecule has 1 aromatic heterocycles. The van der Waals surface area contributed by atoms with Gasteiger partial charge in [-0.2, -0.15) is 13.2 Å². The molecule has 0 fully saturated rings. The molecule has 148 valence electrons. The minimum Gasteiger partial charge on any atom is -0.348 e. The Morgan fingerprint density at radius 2 is 1.93 bits per heavy atom. The van der Waals surface area contributed by atoms with Crippen LogP contribution in [0.3, 0.4) is 0 Å². The topological polar surface area (TPSA) is 71.1 Å². The normalized spacial score (nSPS) is 13.1. The number of rotatable bonds is 4. The smallest absolute Gasteiger partial charge is 0.348 e. The number of carbonyl (C=O) groups excluding carboxylic acids is 2. The van der Waals surface area contributed by atoms with Crippen molar-refractivity contribution in [3.8, 4) is 10.6 Å². The molecule has 0 bridgehead atoms. The van der Waals surface area contributed by atoms with E-state index in [9.17, 15) is 22.8 Å². The second-order valence-corrected chi connectivity index (χ2v) is 7.36. The molecule has 9 heteroatoms. The van der Waals surface area contributed by atoms with E-state index in [0.29, 0.717) is 34.1 Å². The fourth-order valence-electron chi connectivity index (χ4n) is 2.98. The minimum atomic E-state index is -4.39. The first-order valence-corrected chi connectivity index (χ1v) is 9.50. The molecule has 1 aliphatic rings. The van der Waals surface area contributed by atoms with Gasteiger partial charge in [0, 0.05) is 28.7 Å². The van der Waals surface area contributed by atoms with Crippen LogP contribution in [0.1, 0.15) is 27.2 Å². The number of nitrogens with one attached hydrogen (secondary N) is 2. The minimum absolute atomic E-state index is 0.0143. The molecule has 0 saturated heterocycles. The summed E-state index contributed by atoms with van der Waals surface area (Å²) in [5.41, 5.74) is 2.29. The van der Waals surface area contributed by atoms with Crippen LogP contribution in [0.25, 0.3) is 10.6 Å². The molecule has 29 heavy (non-hydrogen) atoms. The lowest BCUT2D eigenvalue weighted by molar-refractivity contribution is -0.137. The van der Waals surface area contributed by atoms with Crippen molar-refractivity contribution in [1.29, 1.82) is 0 Å². The molecule has 0 saturated carbocycles. The lowest BCUT2D eigenvalue weighted by Gasteiger charge is -2.06. The zero-order chi connectivity index (χ0) is 20.6. The summed E-state index contributed by atoms with van der Waals surface area (Å²) in [5, 5.41) is 7.68. The molecule has 3 aromatic rings. The van der Waals surface area contributed by atoms with E-state index in [0.717, 1.165) is 17.7 Å². The SMILES string of the molecule is O=C(Cc1csc(-c2ccc(C(F)(F)F)cc2)n1)Nc1ccc2c(c1)C(=O)NC2. The number of fused-ring (bicyclic) bond motifs is 1. The molecule has 0 unspecified atom stereocenters. The first kappa shape index (κ1) is 19.1. The Labute approximate surface area is 167 Å². The summed E-state index contributed by atoms with van der Waals surface area (Å²) in [5.74, 6) is -0.468. The number of carbonyl (C=O) groups is 2. The third-order valence-electron chi connectivity index (χ3n) is 4.43. The van der Waals surface area contributed by atoms with E-state index in [2.05, 4.69) is 15.6 Å². The van der Waals surface area contributed by atoms with Gasteiger partial charge in [-0.1, -0.05) is 18.2 Å². The molecular formula is C20H14F3N3O2S. The van der Waals surface area contributed by atoms with E-state index in [1.165, 1.54) is 23.5 Å². The average Bonchev–Trinajstić information content (AvgIpc) is 3.28. The highest BCUT2D eigenvalue weighted by Gasteiger charge is 2.30. The average molecular weight is 417 g/mol. The fourth-order valence-corrected chi connectivity index (χ4v) is 3.81. The van der Waals surface area contributed by atoms with Crippen molar-refractivity contribution < 1.29 is 22.8 Å². The molecule has 5 nitrogen and oxygen atoms in total. The number of alkyl halides is 3. The molecule has 0 spiro atoms. The standard InChI is InChI=1S/C20H14F3N3O2S/c21-20(22,23)13-4-1-11(2-5-13)19-26-15(10-29-19)8-17(27)25-14-6-3-12-9-24-18(28)16(12)7-14/h1-7,10H,8-9H2,(H,24,28)(H,25,27). The summed E-state index contributed by atoms with van der Waals surface area (Å²) >= 11 is 1.26. The van der Waals surface area contributed by atoms with Gasteiger partial charge < -0.3 is 10.6 Å². The summed E-state index contributed by atoms with van der Waals surface area (Å²) in [4.78, 5) is 28.3. The van der Waals surface area contributed by atoms with Gasteiger partial charge >= 0.3 is 6.18 Å². The Bertz CT molecular complexity index is 1090. The van der Waals surface area contributed by atoms with Gasteiger partial charge in [0.05, 0.1) is 17.7 Å². The predicted molar refractivity (Wildman–Crippen MR) is 102 cm³/mol. The van der Waals surface area contributed by atoms with E-state index in [-0.39, 0.29) is 18.2 Å². The third-order valence-corrected chi connectivity index (χ3v) is 5.37. The predicted octanol–water partition coefficient (Wildman–Crippen LogP) is 4.25. The van der Waals surface area contributed by atoms with Gasteiger partial charge in [-0.15, -0.1) is 11.3 Å². The van der Waals surface area contributed by atoms with Gasteiger partial charge in [0.15, 0.2) is 0 Å². The van der Waals surface area contributed by atoms with E-state index >= 15 is 0 Å². The van der Waals surface area contributed by atoms with Crippen LogP contribution in [0.4, 0.5) is 18.9 Å².